The number of amides is 1. The number of ether oxygens (including phenoxy) is 2. The predicted octanol–water partition coefficient (Wildman–Crippen LogP) is 4.53. The molecule has 2 aromatic rings. The van der Waals surface area contributed by atoms with Crippen LogP contribution in [0.1, 0.15) is 17.5 Å². The minimum atomic E-state index is -0.135. The molecule has 138 valence electrons. The Labute approximate surface area is 166 Å². The summed E-state index contributed by atoms with van der Waals surface area (Å²) in [6, 6.07) is 13.1. The van der Waals surface area contributed by atoms with Crippen molar-refractivity contribution in [1.82, 2.24) is 4.90 Å². The summed E-state index contributed by atoms with van der Waals surface area (Å²) in [6.07, 6.45) is 2.55. The number of halogens is 2. The largest absolute Gasteiger partial charge is 0.489 e. The fourth-order valence-corrected chi connectivity index (χ4v) is 3.34. The van der Waals surface area contributed by atoms with Crippen molar-refractivity contribution in [3.05, 3.63) is 69.3 Å². The van der Waals surface area contributed by atoms with Gasteiger partial charge in [-0.05, 0) is 42.3 Å². The molecule has 27 heavy (non-hydrogen) atoms. The second kappa shape index (κ2) is 7.62. The first kappa shape index (κ1) is 17.9. The van der Waals surface area contributed by atoms with Crippen molar-refractivity contribution in [3.8, 4) is 5.75 Å². The molecule has 1 amide bonds. The van der Waals surface area contributed by atoms with Crippen LogP contribution in [0.15, 0.2) is 53.2 Å². The van der Waals surface area contributed by atoms with Crippen molar-refractivity contribution >= 4 is 41.2 Å². The van der Waals surface area contributed by atoms with Crippen molar-refractivity contribution in [2.24, 2.45) is 4.99 Å². The highest BCUT2D eigenvalue weighted by Gasteiger charge is 2.33. The second-order valence-electron chi connectivity index (χ2n) is 6.18. The van der Waals surface area contributed by atoms with Gasteiger partial charge in [-0.15, -0.1) is 0 Å². The van der Waals surface area contributed by atoms with E-state index in [4.69, 9.17) is 32.7 Å². The number of hydrogen-bond acceptors (Lipinski definition) is 4. The molecule has 0 spiro atoms. The van der Waals surface area contributed by atoms with Gasteiger partial charge in [-0.1, -0.05) is 41.4 Å². The number of carbonyl (C=O) groups excluding carboxylic acids is 1. The Balaban J connectivity index is 1.49. The number of nitrogens with zero attached hydrogens (tertiary/aromatic N) is 2. The van der Waals surface area contributed by atoms with Gasteiger partial charge in [0.1, 0.15) is 18.1 Å². The molecule has 0 aliphatic carbocycles. The van der Waals surface area contributed by atoms with E-state index >= 15 is 0 Å². The molecule has 1 fully saturated rings. The monoisotopic (exact) mass is 402 g/mol. The van der Waals surface area contributed by atoms with Gasteiger partial charge in [-0.3, -0.25) is 9.69 Å². The SMILES string of the molecule is O=C1/C(=C/c2cccc(OCc3ccc(Cl)cc3Cl)c2)N=C2OCCCN12. The van der Waals surface area contributed by atoms with Crippen LogP contribution >= 0.6 is 23.2 Å². The lowest BCUT2D eigenvalue weighted by Crippen LogP contribution is -2.38. The maximum atomic E-state index is 12.4. The molecule has 2 heterocycles. The minimum absolute atomic E-state index is 0.135. The molecule has 0 saturated carbocycles. The standard InChI is InChI=1S/C20H16Cl2N2O3/c21-15-6-5-14(17(22)11-15)12-27-16-4-1-3-13(9-16)10-18-19(25)24-7-2-8-26-20(24)23-18/h1,3-6,9-11H,2,7-8,12H2/b18-10-. The fourth-order valence-electron chi connectivity index (χ4n) is 2.88. The molecule has 7 heteroatoms. The summed E-state index contributed by atoms with van der Waals surface area (Å²) in [5.41, 5.74) is 2.03. The van der Waals surface area contributed by atoms with Crippen LogP contribution < -0.4 is 4.74 Å². The fraction of sp³-hybridized carbons (Fsp3) is 0.200. The Kier molecular flexibility index (Phi) is 5.05. The molecule has 2 aliphatic rings. The normalized spacial score (nSPS) is 17.6. The lowest BCUT2D eigenvalue weighted by molar-refractivity contribution is -0.124. The Hall–Kier alpha value is -2.50. The van der Waals surface area contributed by atoms with E-state index in [0.717, 1.165) is 17.5 Å². The molecular weight excluding hydrogens is 387 g/mol. The van der Waals surface area contributed by atoms with Gasteiger partial charge in [-0.25, -0.2) is 0 Å². The van der Waals surface area contributed by atoms with Gasteiger partial charge in [0.25, 0.3) is 11.9 Å². The maximum Gasteiger partial charge on any atom is 0.299 e. The van der Waals surface area contributed by atoms with Crippen molar-refractivity contribution in [2.75, 3.05) is 13.2 Å². The van der Waals surface area contributed by atoms with E-state index in [0.29, 0.717) is 47.3 Å². The van der Waals surface area contributed by atoms with Gasteiger partial charge >= 0.3 is 0 Å². The Morgan fingerprint density at radius 3 is 2.93 bits per heavy atom. The topological polar surface area (TPSA) is 51.1 Å². The smallest absolute Gasteiger partial charge is 0.299 e. The van der Waals surface area contributed by atoms with Crippen LogP contribution in [0.4, 0.5) is 0 Å². The first-order valence-electron chi connectivity index (χ1n) is 8.52. The number of hydrogen-bond donors (Lipinski definition) is 0. The van der Waals surface area contributed by atoms with Gasteiger partial charge in [0.2, 0.25) is 0 Å². The zero-order valence-corrected chi connectivity index (χ0v) is 15.8. The number of benzene rings is 2. The average Bonchev–Trinajstić information content (AvgIpc) is 2.97. The van der Waals surface area contributed by atoms with Crippen LogP contribution in [0.25, 0.3) is 6.08 Å². The summed E-state index contributed by atoms with van der Waals surface area (Å²) in [5.74, 6) is 0.534. The van der Waals surface area contributed by atoms with E-state index in [1.807, 2.05) is 30.3 Å². The molecule has 0 radical (unpaired) electrons. The third kappa shape index (κ3) is 3.94. The quantitative estimate of drug-likeness (QED) is 0.705. The molecule has 2 aromatic carbocycles. The third-order valence-electron chi connectivity index (χ3n) is 4.24. The van der Waals surface area contributed by atoms with Crippen LogP contribution in [0.2, 0.25) is 10.0 Å². The summed E-state index contributed by atoms with van der Waals surface area (Å²) in [7, 11) is 0. The Bertz CT molecular complexity index is 956. The number of amidine groups is 1. The van der Waals surface area contributed by atoms with Crippen molar-refractivity contribution < 1.29 is 14.3 Å². The molecule has 4 rings (SSSR count). The van der Waals surface area contributed by atoms with Gasteiger partial charge < -0.3 is 9.47 Å². The Morgan fingerprint density at radius 2 is 2.11 bits per heavy atom. The number of fused-ring (bicyclic) bond motifs is 1. The summed E-state index contributed by atoms with van der Waals surface area (Å²) >= 11 is 12.1. The summed E-state index contributed by atoms with van der Waals surface area (Å²) < 4.78 is 11.3. The minimum Gasteiger partial charge on any atom is -0.489 e. The first-order chi connectivity index (χ1) is 13.1. The van der Waals surface area contributed by atoms with E-state index in [1.54, 1.807) is 23.1 Å². The van der Waals surface area contributed by atoms with Crippen LogP contribution in [0.5, 0.6) is 5.75 Å². The molecule has 0 aromatic heterocycles. The number of carbonyl (C=O) groups is 1. The second-order valence-corrected chi connectivity index (χ2v) is 7.02. The number of rotatable bonds is 4. The molecule has 0 unspecified atom stereocenters. The summed E-state index contributed by atoms with van der Waals surface area (Å²) in [5, 5.41) is 1.14. The maximum absolute atomic E-state index is 12.4. The Morgan fingerprint density at radius 1 is 1.22 bits per heavy atom. The molecule has 0 N–H and O–H groups in total. The highest BCUT2D eigenvalue weighted by atomic mass is 35.5. The highest BCUT2D eigenvalue weighted by Crippen LogP contribution is 2.25. The van der Waals surface area contributed by atoms with Crippen LogP contribution in [0.3, 0.4) is 0 Å². The third-order valence-corrected chi connectivity index (χ3v) is 4.83. The lowest BCUT2D eigenvalue weighted by atomic mass is 10.1. The van der Waals surface area contributed by atoms with Gasteiger partial charge in [0, 0.05) is 22.2 Å². The van der Waals surface area contributed by atoms with E-state index in [-0.39, 0.29) is 5.91 Å². The van der Waals surface area contributed by atoms with Crippen molar-refractivity contribution in [1.29, 1.82) is 0 Å². The molecule has 1 saturated heterocycles. The average molecular weight is 403 g/mol. The lowest BCUT2D eigenvalue weighted by Gasteiger charge is -2.22. The summed E-state index contributed by atoms with van der Waals surface area (Å²) in [6.45, 7) is 1.55. The zero-order chi connectivity index (χ0) is 18.8. The van der Waals surface area contributed by atoms with E-state index in [9.17, 15) is 4.79 Å². The van der Waals surface area contributed by atoms with E-state index in [2.05, 4.69) is 4.99 Å². The highest BCUT2D eigenvalue weighted by molar-refractivity contribution is 6.35. The molecule has 0 bridgehead atoms. The van der Waals surface area contributed by atoms with E-state index in [1.165, 1.54) is 0 Å². The summed E-state index contributed by atoms with van der Waals surface area (Å²) in [4.78, 5) is 18.3. The molecular formula is C20H16Cl2N2O3. The van der Waals surface area contributed by atoms with Crippen molar-refractivity contribution in [2.45, 2.75) is 13.0 Å². The first-order valence-corrected chi connectivity index (χ1v) is 9.27. The van der Waals surface area contributed by atoms with Crippen LogP contribution in [-0.2, 0) is 16.1 Å². The van der Waals surface area contributed by atoms with Crippen LogP contribution in [0, 0.1) is 0 Å². The molecule has 0 atom stereocenters. The zero-order valence-electron chi connectivity index (χ0n) is 14.3. The molecule has 2 aliphatic heterocycles. The molecule has 5 nitrogen and oxygen atoms in total. The van der Waals surface area contributed by atoms with Crippen molar-refractivity contribution in [3.63, 3.8) is 0 Å². The van der Waals surface area contributed by atoms with Gasteiger partial charge in [-0.2, -0.15) is 4.99 Å². The van der Waals surface area contributed by atoms with Gasteiger partial charge in [0.15, 0.2) is 0 Å². The van der Waals surface area contributed by atoms with E-state index < -0.39 is 0 Å². The predicted molar refractivity (Wildman–Crippen MR) is 105 cm³/mol. The van der Waals surface area contributed by atoms with Crippen LogP contribution in [-0.4, -0.2) is 30.0 Å². The van der Waals surface area contributed by atoms with Gasteiger partial charge in [0.05, 0.1) is 6.61 Å². The number of aliphatic imine (C=N–C) groups is 1.